The summed E-state index contributed by atoms with van der Waals surface area (Å²) < 4.78 is 1.95. The molecule has 1 unspecified atom stereocenters. The van der Waals surface area contributed by atoms with E-state index in [1.54, 1.807) is 0 Å². The van der Waals surface area contributed by atoms with Crippen LogP contribution in [0.4, 0.5) is 0 Å². The molecule has 19 heavy (non-hydrogen) atoms. The van der Waals surface area contributed by atoms with E-state index in [4.69, 9.17) is 0 Å². The summed E-state index contributed by atoms with van der Waals surface area (Å²) in [6.07, 6.45) is 4.89. The van der Waals surface area contributed by atoms with E-state index >= 15 is 0 Å². The second kappa shape index (κ2) is 5.97. The van der Waals surface area contributed by atoms with Gasteiger partial charge >= 0.3 is 0 Å². The van der Waals surface area contributed by atoms with Crippen molar-refractivity contribution in [2.45, 2.75) is 33.2 Å². The zero-order valence-electron chi connectivity index (χ0n) is 12.1. The van der Waals surface area contributed by atoms with Crippen molar-refractivity contribution in [2.75, 3.05) is 6.54 Å². The van der Waals surface area contributed by atoms with Gasteiger partial charge in [0.15, 0.2) is 0 Å². The maximum absolute atomic E-state index is 4.45. The van der Waals surface area contributed by atoms with Crippen LogP contribution in [0.1, 0.15) is 41.9 Å². The highest BCUT2D eigenvalue weighted by Crippen LogP contribution is 2.24. The molecule has 0 fully saturated rings. The molecule has 0 amide bonds. The van der Waals surface area contributed by atoms with Crippen LogP contribution in [-0.2, 0) is 7.05 Å². The molecule has 0 radical (unpaired) electrons. The topological polar surface area (TPSA) is 42.7 Å². The van der Waals surface area contributed by atoms with Crippen LogP contribution in [0.3, 0.4) is 0 Å². The van der Waals surface area contributed by atoms with Crippen LogP contribution in [0.5, 0.6) is 0 Å². The smallest absolute Gasteiger partial charge is 0.0765 e. The SMILES string of the molecule is CCCNC(c1cnccc1C)c1cc(C)nn1C. The highest BCUT2D eigenvalue weighted by Gasteiger charge is 2.19. The van der Waals surface area contributed by atoms with Crippen LogP contribution in [0.2, 0.25) is 0 Å². The molecule has 4 heteroatoms. The predicted octanol–water partition coefficient (Wildman–Crippen LogP) is 2.52. The Morgan fingerprint density at radius 3 is 2.74 bits per heavy atom. The maximum Gasteiger partial charge on any atom is 0.0765 e. The first-order valence-corrected chi connectivity index (χ1v) is 6.78. The molecule has 0 aliphatic rings. The average molecular weight is 258 g/mol. The molecular weight excluding hydrogens is 236 g/mol. The second-order valence-electron chi connectivity index (χ2n) is 4.95. The van der Waals surface area contributed by atoms with E-state index in [9.17, 15) is 0 Å². The molecule has 0 bridgehead atoms. The van der Waals surface area contributed by atoms with Gasteiger partial charge in [-0.25, -0.2) is 0 Å². The number of nitrogens with zero attached hydrogens (tertiary/aromatic N) is 3. The summed E-state index contributed by atoms with van der Waals surface area (Å²) in [7, 11) is 1.99. The number of hydrogen-bond acceptors (Lipinski definition) is 3. The molecular formula is C15H22N4. The Morgan fingerprint density at radius 1 is 1.37 bits per heavy atom. The van der Waals surface area contributed by atoms with E-state index in [0.29, 0.717) is 0 Å². The lowest BCUT2D eigenvalue weighted by atomic mass is 10.0. The van der Waals surface area contributed by atoms with Crippen molar-refractivity contribution in [3.05, 3.63) is 47.0 Å². The number of pyridine rings is 1. The van der Waals surface area contributed by atoms with Crippen molar-refractivity contribution in [3.63, 3.8) is 0 Å². The molecule has 4 nitrogen and oxygen atoms in total. The van der Waals surface area contributed by atoms with Crippen LogP contribution in [-0.4, -0.2) is 21.3 Å². The van der Waals surface area contributed by atoms with Gasteiger partial charge in [-0.2, -0.15) is 5.10 Å². The van der Waals surface area contributed by atoms with E-state index in [-0.39, 0.29) is 6.04 Å². The monoisotopic (exact) mass is 258 g/mol. The van der Waals surface area contributed by atoms with Gasteiger partial charge < -0.3 is 5.32 Å². The van der Waals surface area contributed by atoms with Crippen LogP contribution >= 0.6 is 0 Å². The first kappa shape index (κ1) is 13.7. The van der Waals surface area contributed by atoms with Crippen molar-refractivity contribution in [1.82, 2.24) is 20.1 Å². The number of aromatic nitrogens is 3. The van der Waals surface area contributed by atoms with Crippen molar-refractivity contribution in [3.8, 4) is 0 Å². The third-order valence-electron chi connectivity index (χ3n) is 3.32. The molecule has 0 aromatic carbocycles. The van der Waals surface area contributed by atoms with Gasteiger partial charge in [-0.3, -0.25) is 9.67 Å². The largest absolute Gasteiger partial charge is 0.305 e. The zero-order chi connectivity index (χ0) is 13.8. The second-order valence-corrected chi connectivity index (χ2v) is 4.95. The Hall–Kier alpha value is -1.68. The molecule has 1 atom stereocenters. The first-order chi connectivity index (χ1) is 9.13. The lowest BCUT2D eigenvalue weighted by molar-refractivity contribution is 0.550. The molecule has 0 saturated carbocycles. The molecule has 2 aromatic heterocycles. The van der Waals surface area contributed by atoms with Crippen LogP contribution in [0.25, 0.3) is 0 Å². The van der Waals surface area contributed by atoms with Gasteiger partial charge in [0.05, 0.1) is 17.4 Å². The van der Waals surface area contributed by atoms with Crippen molar-refractivity contribution < 1.29 is 0 Å². The number of rotatable bonds is 5. The molecule has 2 heterocycles. The molecule has 2 aromatic rings. The highest BCUT2D eigenvalue weighted by molar-refractivity contribution is 5.32. The fourth-order valence-electron chi connectivity index (χ4n) is 2.34. The molecule has 102 valence electrons. The number of hydrogen-bond donors (Lipinski definition) is 1. The first-order valence-electron chi connectivity index (χ1n) is 6.78. The third-order valence-corrected chi connectivity index (χ3v) is 3.32. The van der Waals surface area contributed by atoms with Gasteiger partial charge in [-0.05, 0) is 50.1 Å². The molecule has 0 saturated heterocycles. The standard InChI is InChI=1S/C15H22N4/c1-5-7-17-15(13-10-16-8-6-11(13)2)14-9-12(3)18-19(14)4/h6,8-10,15,17H,5,7H2,1-4H3. The van der Waals surface area contributed by atoms with E-state index in [1.807, 2.05) is 31.0 Å². The molecule has 2 rings (SSSR count). The van der Waals surface area contributed by atoms with Crippen molar-refractivity contribution >= 4 is 0 Å². The van der Waals surface area contributed by atoms with Crippen molar-refractivity contribution in [2.24, 2.45) is 7.05 Å². The van der Waals surface area contributed by atoms with E-state index in [2.05, 4.69) is 41.4 Å². The van der Waals surface area contributed by atoms with Crippen molar-refractivity contribution in [1.29, 1.82) is 0 Å². The highest BCUT2D eigenvalue weighted by atomic mass is 15.3. The lowest BCUT2D eigenvalue weighted by Crippen LogP contribution is -2.26. The minimum atomic E-state index is 0.153. The van der Waals surface area contributed by atoms with Gasteiger partial charge in [0.1, 0.15) is 0 Å². The summed E-state index contributed by atoms with van der Waals surface area (Å²) in [6.45, 7) is 7.30. The Morgan fingerprint density at radius 2 is 2.16 bits per heavy atom. The molecule has 0 aliphatic heterocycles. The molecule has 0 aliphatic carbocycles. The Balaban J connectivity index is 2.41. The summed E-state index contributed by atoms with van der Waals surface area (Å²) in [6, 6.07) is 4.35. The van der Waals surface area contributed by atoms with Gasteiger partial charge in [0.2, 0.25) is 0 Å². The summed E-state index contributed by atoms with van der Waals surface area (Å²) in [5, 5.41) is 8.05. The van der Waals surface area contributed by atoms with E-state index < -0.39 is 0 Å². The zero-order valence-corrected chi connectivity index (χ0v) is 12.1. The Bertz CT molecular complexity index is 545. The van der Waals surface area contributed by atoms with E-state index in [1.165, 1.54) is 16.8 Å². The minimum absolute atomic E-state index is 0.153. The molecule has 0 spiro atoms. The fraction of sp³-hybridized carbons (Fsp3) is 0.467. The Kier molecular flexibility index (Phi) is 4.32. The maximum atomic E-state index is 4.45. The van der Waals surface area contributed by atoms with Gasteiger partial charge in [0.25, 0.3) is 0 Å². The van der Waals surface area contributed by atoms with Gasteiger partial charge in [-0.1, -0.05) is 6.92 Å². The number of aryl methyl sites for hydroxylation is 3. The summed E-state index contributed by atoms with van der Waals surface area (Å²) in [4.78, 5) is 4.27. The summed E-state index contributed by atoms with van der Waals surface area (Å²) in [5.41, 5.74) is 4.70. The van der Waals surface area contributed by atoms with Crippen LogP contribution < -0.4 is 5.32 Å². The molecule has 1 N–H and O–H groups in total. The Labute approximate surface area is 114 Å². The fourth-order valence-corrected chi connectivity index (χ4v) is 2.34. The van der Waals surface area contributed by atoms with E-state index in [0.717, 1.165) is 18.7 Å². The third kappa shape index (κ3) is 3.01. The van der Waals surface area contributed by atoms with Gasteiger partial charge in [-0.15, -0.1) is 0 Å². The quantitative estimate of drug-likeness (QED) is 0.896. The number of nitrogens with one attached hydrogen (secondary N) is 1. The summed E-state index contributed by atoms with van der Waals surface area (Å²) >= 11 is 0. The summed E-state index contributed by atoms with van der Waals surface area (Å²) in [5.74, 6) is 0. The lowest BCUT2D eigenvalue weighted by Gasteiger charge is -2.20. The average Bonchev–Trinajstić information content (AvgIpc) is 2.71. The van der Waals surface area contributed by atoms with Gasteiger partial charge in [0, 0.05) is 19.4 Å². The predicted molar refractivity (Wildman–Crippen MR) is 77.1 cm³/mol. The normalized spacial score (nSPS) is 12.6. The van der Waals surface area contributed by atoms with Crippen LogP contribution in [0, 0.1) is 13.8 Å². The minimum Gasteiger partial charge on any atom is -0.305 e. The van der Waals surface area contributed by atoms with Crippen LogP contribution in [0.15, 0.2) is 24.5 Å².